The van der Waals surface area contributed by atoms with Crippen LogP contribution in [0.25, 0.3) is 11.3 Å². The SMILES string of the molecule is COc1ccc(NC(=O)Cn2nc(-c3ccccc3)cc(NC(=O)C(C)C)c2=O)cc1Cl. The summed E-state index contributed by atoms with van der Waals surface area (Å²) < 4.78 is 6.13. The van der Waals surface area contributed by atoms with Crippen molar-refractivity contribution in [3.8, 4) is 17.0 Å². The van der Waals surface area contributed by atoms with Gasteiger partial charge < -0.3 is 15.4 Å². The molecule has 0 bridgehead atoms. The predicted molar refractivity (Wildman–Crippen MR) is 124 cm³/mol. The second kappa shape index (κ2) is 10.1. The van der Waals surface area contributed by atoms with Crippen LogP contribution in [0.3, 0.4) is 0 Å². The molecule has 32 heavy (non-hydrogen) atoms. The molecule has 3 rings (SSSR count). The van der Waals surface area contributed by atoms with E-state index in [9.17, 15) is 14.4 Å². The lowest BCUT2D eigenvalue weighted by Crippen LogP contribution is -2.33. The first-order valence-electron chi connectivity index (χ1n) is 9.90. The quantitative estimate of drug-likeness (QED) is 0.565. The minimum Gasteiger partial charge on any atom is -0.495 e. The Morgan fingerprint density at radius 3 is 2.44 bits per heavy atom. The number of carbonyl (C=O) groups is 2. The highest BCUT2D eigenvalue weighted by Crippen LogP contribution is 2.27. The Morgan fingerprint density at radius 1 is 1.09 bits per heavy atom. The van der Waals surface area contributed by atoms with Gasteiger partial charge in [0.1, 0.15) is 18.0 Å². The Kier molecular flexibility index (Phi) is 7.27. The topological polar surface area (TPSA) is 102 Å². The van der Waals surface area contributed by atoms with Gasteiger partial charge in [-0.3, -0.25) is 14.4 Å². The highest BCUT2D eigenvalue weighted by Gasteiger charge is 2.16. The molecule has 2 amide bonds. The predicted octanol–water partition coefficient (Wildman–Crippen LogP) is 3.81. The number of aromatic nitrogens is 2. The van der Waals surface area contributed by atoms with Gasteiger partial charge in [0.15, 0.2) is 0 Å². The van der Waals surface area contributed by atoms with E-state index in [1.54, 1.807) is 32.0 Å². The Balaban J connectivity index is 1.91. The van der Waals surface area contributed by atoms with Crippen molar-refractivity contribution in [1.29, 1.82) is 0 Å². The molecule has 0 saturated heterocycles. The monoisotopic (exact) mass is 454 g/mol. The number of methoxy groups -OCH3 is 1. The smallest absolute Gasteiger partial charge is 0.291 e. The summed E-state index contributed by atoms with van der Waals surface area (Å²) in [7, 11) is 1.49. The lowest BCUT2D eigenvalue weighted by atomic mass is 10.1. The van der Waals surface area contributed by atoms with E-state index < -0.39 is 11.5 Å². The van der Waals surface area contributed by atoms with Gasteiger partial charge in [-0.15, -0.1) is 0 Å². The van der Waals surface area contributed by atoms with E-state index in [2.05, 4.69) is 15.7 Å². The van der Waals surface area contributed by atoms with Gasteiger partial charge in [-0.2, -0.15) is 5.10 Å². The molecule has 2 aromatic carbocycles. The number of carbonyl (C=O) groups excluding carboxylic acids is 2. The van der Waals surface area contributed by atoms with Crippen LogP contribution >= 0.6 is 11.6 Å². The van der Waals surface area contributed by atoms with Crippen LogP contribution in [-0.2, 0) is 16.1 Å². The van der Waals surface area contributed by atoms with Gasteiger partial charge in [-0.05, 0) is 24.3 Å². The molecule has 0 radical (unpaired) electrons. The summed E-state index contributed by atoms with van der Waals surface area (Å²) >= 11 is 6.10. The summed E-state index contributed by atoms with van der Waals surface area (Å²) in [6.45, 7) is 3.09. The fraction of sp³-hybridized carbons (Fsp3) is 0.217. The maximum Gasteiger partial charge on any atom is 0.291 e. The first kappa shape index (κ1) is 23.0. The molecule has 0 unspecified atom stereocenters. The third-order valence-corrected chi connectivity index (χ3v) is 4.85. The molecule has 9 heteroatoms. The Hall–Kier alpha value is -3.65. The second-order valence-electron chi connectivity index (χ2n) is 7.31. The summed E-state index contributed by atoms with van der Waals surface area (Å²) in [5.74, 6) is -0.633. The van der Waals surface area contributed by atoms with Crippen LogP contribution in [0.2, 0.25) is 5.02 Å². The fourth-order valence-corrected chi connectivity index (χ4v) is 3.10. The molecule has 0 atom stereocenters. The standard InChI is InChI=1S/C23H23ClN4O4/c1-14(2)22(30)26-19-12-18(15-7-5-4-6-8-15)27-28(23(19)31)13-21(29)25-16-9-10-20(32-3)17(24)11-16/h4-12,14H,13H2,1-3H3,(H,25,29)(H,26,30). The van der Waals surface area contributed by atoms with Crippen molar-refractivity contribution in [2.45, 2.75) is 20.4 Å². The van der Waals surface area contributed by atoms with Gasteiger partial charge >= 0.3 is 0 Å². The average Bonchev–Trinajstić information content (AvgIpc) is 2.77. The van der Waals surface area contributed by atoms with E-state index in [0.717, 1.165) is 10.2 Å². The summed E-state index contributed by atoms with van der Waals surface area (Å²) in [6.07, 6.45) is 0. The van der Waals surface area contributed by atoms with Crippen molar-refractivity contribution in [3.05, 3.63) is 70.0 Å². The van der Waals surface area contributed by atoms with Crippen molar-refractivity contribution in [2.75, 3.05) is 17.7 Å². The normalized spacial score (nSPS) is 10.7. The van der Waals surface area contributed by atoms with Gasteiger partial charge in [0.25, 0.3) is 5.56 Å². The van der Waals surface area contributed by atoms with Gasteiger partial charge in [-0.1, -0.05) is 55.8 Å². The van der Waals surface area contributed by atoms with Crippen LogP contribution in [0.4, 0.5) is 11.4 Å². The number of ether oxygens (including phenoxy) is 1. The zero-order valence-corrected chi connectivity index (χ0v) is 18.6. The molecule has 2 N–H and O–H groups in total. The number of benzene rings is 2. The minimum atomic E-state index is -0.582. The summed E-state index contributed by atoms with van der Waals surface area (Å²) in [5.41, 5.74) is 1.11. The number of halogens is 1. The van der Waals surface area contributed by atoms with Gasteiger partial charge in [0.05, 0.1) is 17.8 Å². The third-order valence-electron chi connectivity index (χ3n) is 4.56. The van der Waals surface area contributed by atoms with Crippen LogP contribution in [0.5, 0.6) is 5.75 Å². The molecule has 0 spiro atoms. The number of rotatable bonds is 7. The fourth-order valence-electron chi connectivity index (χ4n) is 2.85. The number of anilines is 2. The van der Waals surface area contributed by atoms with E-state index in [1.165, 1.54) is 13.2 Å². The zero-order valence-electron chi connectivity index (χ0n) is 17.9. The van der Waals surface area contributed by atoms with Crippen molar-refractivity contribution in [2.24, 2.45) is 5.92 Å². The number of nitrogens with one attached hydrogen (secondary N) is 2. The molecule has 0 saturated carbocycles. The molecule has 3 aromatic rings. The maximum atomic E-state index is 12.9. The van der Waals surface area contributed by atoms with E-state index in [0.29, 0.717) is 22.2 Å². The van der Waals surface area contributed by atoms with E-state index in [-0.39, 0.29) is 24.1 Å². The van der Waals surface area contributed by atoms with Gasteiger partial charge in [-0.25, -0.2) is 4.68 Å². The number of hydrogen-bond donors (Lipinski definition) is 2. The number of nitrogens with zero attached hydrogens (tertiary/aromatic N) is 2. The Labute approximate surface area is 190 Å². The lowest BCUT2D eigenvalue weighted by Gasteiger charge is -2.13. The summed E-state index contributed by atoms with van der Waals surface area (Å²) in [6, 6.07) is 15.5. The third kappa shape index (κ3) is 5.53. The minimum absolute atomic E-state index is 0.0536. The lowest BCUT2D eigenvalue weighted by molar-refractivity contribution is -0.119. The summed E-state index contributed by atoms with van der Waals surface area (Å²) in [5, 5.41) is 9.98. The molecular formula is C23H23ClN4O4. The van der Waals surface area contributed by atoms with Crippen molar-refractivity contribution >= 4 is 34.8 Å². The first-order chi connectivity index (χ1) is 15.3. The highest BCUT2D eigenvalue weighted by molar-refractivity contribution is 6.32. The molecule has 1 aromatic heterocycles. The average molecular weight is 455 g/mol. The molecule has 166 valence electrons. The van der Waals surface area contributed by atoms with Crippen molar-refractivity contribution in [1.82, 2.24) is 9.78 Å². The van der Waals surface area contributed by atoms with E-state index in [4.69, 9.17) is 16.3 Å². The number of amides is 2. The van der Waals surface area contributed by atoms with E-state index >= 15 is 0 Å². The maximum absolute atomic E-state index is 12.9. The van der Waals surface area contributed by atoms with E-state index in [1.807, 2.05) is 30.3 Å². The summed E-state index contributed by atoms with van der Waals surface area (Å²) in [4.78, 5) is 37.7. The van der Waals surface area contributed by atoms with Crippen LogP contribution in [0, 0.1) is 5.92 Å². The Bertz CT molecular complexity index is 1190. The van der Waals surface area contributed by atoms with Crippen LogP contribution in [-0.4, -0.2) is 28.7 Å². The zero-order chi connectivity index (χ0) is 23.3. The molecule has 0 fully saturated rings. The number of hydrogen-bond acceptors (Lipinski definition) is 5. The van der Waals surface area contributed by atoms with Crippen molar-refractivity contribution < 1.29 is 14.3 Å². The molecule has 1 heterocycles. The second-order valence-corrected chi connectivity index (χ2v) is 7.72. The highest BCUT2D eigenvalue weighted by atomic mass is 35.5. The molecular weight excluding hydrogens is 432 g/mol. The van der Waals surface area contributed by atoms with Gasteiger partial charge in [0.2, 0.25) is 11.8 Å². The molecule has 0 aliphatic rings. The van der Waals surface area contributed by atoms with Crippen LogP contribution in [0.15, 0.2) is 59.4 Å². The molecule has 8 nitrogen and oxygen atoms in total. The van der Waals surface area contributed by atoms with Gasteiger partial charge in [0, 0.05) is 17.2 Å². The van der Waals surface area contributed by atoms with Crippen molar-refractivity contribution in [3.63, 3.8) is 0 Å². The van der Waals surface area contributed by atoms with Crippen LogP contribution < -0.4 is 20.9 Å². The molecule has 0 aliphatic carbocycles. The largest absolute Gasteiger partial charge is 0.495 e. The first-order valence-corrected chi connectivity index (χ1v) is 10.3. The Morgan fingerprint density at radius 2 is 1.81 bits per heavy atom. The van der Waals surface area contributed by atoms with Crippen LogP contribution in [0.1, 0.15) is 13.8 Å². The molecule has 0 aliphatic heterocycles.